The van der Waals surface area contributed by atoms with Gasteiger partial charge in [-0.3, -0.25) is 9.59 Å². The largest absolute Gasteiger partial charge is 0.496 e. The standard InChI is InChI=1S/C32H45N3O3/c1-23(2)35(30(36)18-24(3)19-32(4,5)6)22-31(37)34(21-26-12-8-11-15-29(26)38-7)17-16-25-20-33-28-14-10-9-13-27(25)28/h8-15,20,23-24,33H,16-19,21-22H2,1-7H3/t24-/m1/s1. The van der Waals surface area contributed by atoms with Crippen molar-refractivity contribution >= 4 is 22.7 Å². The van der Waals surface area contributed by atoms with E-state index in [4.69, 9.17) is 4.74 Å². The first-order chi connectivity index (χ1) is 18.0. The van der Waals surface area contributed by atoms with Crippen LogP contribution in [0, 0.1) is 11.3 Å². The Labute approximate surface area is 228 Å². The van der Waals surface area contributed by atoms with Gasteiger partial charge in [-0.2, -0.15) is 0 Å². The molecular formula is C32H45N3O3. The van der Waals surface area contributed by atoms with Gasteiger partial charge in [-0.1, -0.05) is 64.1 Å². The summed E-state index contributed by atoms with van der Waals surface area (Å²) in [6.07, 6.45) is 4.15. The van der Waals surface area contributed by atoms with Gasteiger partial charge >= 0.3 is 0 Å². The first kappa shape index (κ1) is 29.3. The number of aromatic amines is 1. The molecule has 3 aromatic rings. The molecule has 1 aromatic heterocycles. The summed E-state index contributed by atoms with van der Waals surface area (Å²) in [5.41, 5.74) is 3.37. The molecule has 0 saturated heterocycles. The van der Waals surface area contributed by atoms with Gasteiger partial charge in [0.2, 0.25) is 11.8 Å². The maximum atomic E-state index is 13.8. The van der Waals surface area contributed by atoms with Crippen LogP contribution in [0.5, 0.6) is 5.75 Å². The van der Waals surface area contributed by atoms with Crippen molar-refractivity contribution in [3.8, 4) is 5.75 Å². The van der Waals surface area contributed by atoms with E-state index in [9.17, 15) is 9.59 Å². The van der Waals surface area contributed by atoms with E-state index >= 15 is 0 Å². The van der Waals surface area contributed by atoms with Crippen molar-refractivity contribution in [3.05, 3.63) is 65.9 Å². The monoisotopic (exact) mass is 519 g/mol. The lowest BCUT2D eigenvalue weighted by atomic mass is 9.84. The molecule has 38 heavy (non-hydrogen) atoms. The number of rotatable bonds is 12. The molecule has 0 aliphatic carbocycles. The van der Waals surface area contributed by atoms with Crippen LogP contribution in [0.2, 0.25) is 0 Å². The molecule has 1 atom stereocenters. The lowest BCUT2D eigenvalue weighted by Gasteiger charge is -2.32. The summed E-state index contributed by atoms with van der Waals surface area (Å²) >= 11 is 0. The highest BCUT2D eigenvalue weighted by atomic mass is 16.5. The van der Waals surface area contributed by atoms with Gasteiger partial charge in [0.05, 0.1) is 13.7 Å². The minimum absolute atomic E-state index is 0.0407. The molecule has 0 unspecified atom stereocenters. The Bertz CT molecular complexity index is 1210. The summed E-state index contributed by atoms with van der Waals surface area (Å²) in [4.78, 5) is 34.0. The zero-order valence-corrected chi connectivity index (χ0v) is 24.2. The van der Waals surface area contributed by atoms with E-state index in [-0.39, 0.29) is 35.7 Å². The summed E-state index contributed by atoms with van der Waals surface area (Å²) < 4.78 is 5.57. The summed E-state index contributed by atoms with van der Waals surface area (Å²) in [5, 5.41) is 1.17. The van der Waals surface area contributed by atoms with Crippen LogP contribution in [0.4, 0.5) is 0 Å². The fourth-order valence-corrected chi connectivity index (χ4v) is 5.26. The van der Waals surface area contributed by atoms with Crippen molar-refractivity contribution < 1.29 is 14.3 Å². The van der Waals surface area contributed by atoms with Gasteiger partial charge in [0, 0.05) is 48.2 Å². The smallest absolute Gasteiger partial charge is 0.242 e. The van der Waals surface area contributed by atoms with Crippen molar-refractivity contribution in [2.45, 2.75) is 73.4 Å². The number of ether oxygens (including phenoxy) is 1. The molecule has 0 saturated carbocycles. The highest BCUT2D eigenvalue weighted by Crippen LogP contribution is 2.27. The molecule has 0 aliphatic rings. The molecule has 206 valence electrons. The Morgan fingerprint density at radius 1 is 0.947 bits per heavy atom. The normalized spacial score (nSPS) is 12.5. The van der Waals surface area contributed by atoms with Crippen molar-refractivity contribution in [2.24, 2.45) is 11.3 Å². The maximum Gasteiger partial charge on any atom is 0.242 e. The molecule has 0 aliphatic heterocycles. The van der Waals surface area contributed by atoms with Crippen LogP contribution in [-0.2, 0) is 22.6 Å². The predicted molar refractivity (Wildman–Crippen MR) is 155 cm³/mol. The minimum atomic E-state index is -0.0602. The zero-order valence-electron chi connectivity index (χ0n) is 24.2. The van der Waals surface area contributed by atoms with E-state index in [1.807, 2.05) is 61.3 Å². The van der Waals surface area contributed by atoms with E-state index < -0.39 is 0 Å². The third-order valence-electron chi connectivity index (χ3n) is 6.97. The van der Waals surface area contributed by atoms with Gasteiger partial charge in [0.1, 0.15) is 5.75 Å². The molecule has 6 heteroatoms. The maximum absolute atomic E-state index is 13.8. The molecule has 0 spiro atoms. The van der Waals surface area contributed by atoms with Crippen molar-refractivity contribution in [1.82, 2.24) is 14.8 Å². The summed E-state index contributed by atoms with van der Waals surface area (Å²) in [6.45, 7) is 13.7. The SMILES string of the molecule is COc1ccccc1CN(CCc1c[nH]c2ccccc12)C(=O)CN(C(=O)C[C@@H](C)CC(C)(C)C)C(C)C. The summed E-state index contributed by atoms with van der Waals surface area (Å²) in [6, 6.07) is 15.9. The molecular weight excluding hydrogens is 474 g/mol. The van der Waals surface area contributed by atoms with Crippen LogP contribution < -0.4 is 4.74 Å². The third kappa shape index (κ3) is 8.11. The van der Waals surface area contributed by atoms with Crippen LogP contribution in [0.3, 0.4) is 0 Å². The number of methoxy groups -OCH3 is 1. The number of amides is 2. The topological polar surface area (TPSA) is 65.6 Å². The molecule has 0 bridgehead atoms. The summed E-state index contributed by atoms with van der Waals surface area (Å²) in [7, 11) is 1.65. The van der Waals surface area contributed by atoms with Crippen molar-refractivity contribution in [1.29, 1.82) is 0 Å². The van der Waals surface area contributed by atoms with Crippen LogP contribution in [0.1, 0.15) is 65.5 Å². The Balaban J connectivity index is 1.79. The quantitative estimate of drug-likeness (QED) is 0.299. The Hall–Kier alpha value is -3.28. The van der Waals surface area contributed by atoms with E-state index in [1.54, 1.807) is 12.0 Å². The number of carbonyl (C=O) groups excluding carboxylic acids is 2. The number of carbonyl (C=O) groups is 2. The highest BCUT2D eigenvalue weighted by molar-refractivity contribution is 5.86. The van der Waals surface area contributed by atoms with Gasteiger partial charge in [-0.15, -0.1) is 0 Å². The minimum Gasteiger partial charge on any atom is -0.496 e. The molecule has 2 amide bonds. The number of aromatic nitrogens is 1. The number of H-pyrrole nitrogens is 1. The highest BCUT2D eigenvalue weighted by Gasteiger charge is 2.26. The molecule has 0 radical (unpaired) electrons. The summed E-state index contributed by atoms with van der Waals surface area (Å²) in [5.74, 6) is 0.996. The van der Waals surface area contributed by atoms with E-state index in [0.29, 0.717) is 25.9 Å². The second-order valence-corrected chi connectivity index (χ2v) is 11.9. The van der Waals surface area contributed by atoms with Crippen LogP contribution in [-0.4, -0.2) is 52.8 Å². The fraction of sp³-hybridized carbons (Fsp3) is 0.500. The van der Waals surface area contributed by atoms with Gasteiger partial charge in [-0.05, 0) is 55.7 Å². The lowest BCUT2D eigenvalue weighted by Crippen LogP contribution is -2.46. The molecule has 3 rings (SSSR count). The number of para-hydroxylation sites is 2. The van der Waals surface area contributed by atoms with Crippen molar-refractivity contribution in [3.63, 3.8) is 0 Å². The second kappa shape index (κ2) is 13.0. The first-order valence-electron chi connectivity index (χ1n) is 13.7. The van der Waals surface area contributed by atoms with E-state index in [2.05, 4.69) is 44.8 Å². The van der Waals surface area contributed by atoms with E-state index in [1.165, 1.54) is 10.9 Å². The Kier molecular flexibility index (Phi) is 10.0. The third-order valence-corrected chi connectivity index (χ3v) is 6.97. The van der Waals surface area contributed by atoms with Crippen LogP contribution in [0.15, 0.2) is 54.7 Å². The lowest BCUT2D eigenvalue weighted by molar-refractivity contribution is -0.143. The average molecular weight is 520 g/mol. The van der Waals surface area contributed by atoms with Crippen LogP contribution >= 0.6 is 0 Å². The number of hydrogen-bond donors (Lipinski definition) is 1. The van der Waals surface area contributed by atoms with Gasteiger partial charge in [-0.25, -0.2) is 0 Å². The molecule has 2 aromatic carbocycles. The number of fused-ring (bicyclic) bond motifs is 1. The zero-order chi connectivity index (χ0) is 27.9. The molecule has 0 fully saturated rings. The van der Waals surface area contributed by atoms with Gasteiger partial charge in [0.25, 0.3) is 0 Å². The molecule has 1 heterocycles. The number of nitrogens with one attached hydrogen (secondary N) is 1. The fourth-order valence-electron chi connectivity index (χ4n) is 5.26. The van der Waals surface area contributed by atoms with Crippen LogP contribution in [0.25, 0.3) is 10.9 Å². The predicted octanol–water partition coefficient (Wildman–Crippen LogP) is 6.45. The number of benzene rings is 2. The van der Waals surface area contributed by atoms with E-state index in [0.717, 1.165) is 23.3 Å². The average Bonchev–Trinajstić information content (AvgIpc) is 3.26. The Morgan fingerprint density at radius 2 is 1.63 bits per heavy atom. The van der Waals surface area contributed by atoms with Gasteiger partial charge < -0.3 is 19.5 Å². The number of hydrogen-bond acceptors (Lipinski definition) is 3. The van der Waals surface area contributed by atoms with Crippen molar-refractivity contribution in [2.75, 3.05) is 20.2 Å². The van der Waals surface area contributed by atoms with Gasteiger partial charge in [0.15, 0.2) is 0 Å². The molecule has 6 nitrogen and oxygen atoms in total. The number of nitrogens with zero attached hydrogens (tertiary/aromatic N) is 2. The Morgan fingerprint density at radius 3 is 2.32 bits per heavy atom. The molecule has 1 N–H and O–H groups in total. The first-order valence-corrected chi connectivity index (χ1v) is 13.7. The second-order valence-electron chi connectivity index (χ2n) is 11.9.